The van der Waals surface area contributed by atoms with Gasteiger partial charge in [0.1, 0.15) is 5.58 Å². The summed E-state index contributed by atoms with van der Waals surface area (Å²) in [6, 6.07) is 49.2. The second-order valence-electron chi connectivity index (χ2n) is 23.5. The maximum Gasteiger partial charge on any atom is 0.244 e. The van der Waals surface area contributed by atoms with Crippen molar-refractivity contribution in [1.29, 1.82) is 0 Å². The fourth-order valence-electron chi connectivity index (χ4n) is 11.4. The molecule has 0 fully saturated rings. The number of para-hydroxylation sites is 1. The van der Waals surface area contributed by atoms with Gasteiger partial charge in [-0.05, 0) is 111 Å². The number of nitrogens with zero attached hydrogens (tertiary/aromatic N) is 3. The van der Waals surface area contributed by atoms with Crippen LogP contribution >= 0.6 is 11.8 Å². The normalized spacial score (nSPS) is 16.3. The minimum Gasteiger partial charge on any atom is -0.500 e. The third-order valence-electron chi connectivity index (χ3n) is 15.5. The number of halogens is 1. The van der Waals surface area contributed by atoms with E-state index in [-0.39, 0.29) is 60.8 Å². The first kappa shape index (κ1) is 49.9. The number of aryl methyl sites for hydroxylation is 2. The molecule has 9 aromatic rings. The van der Waals surface area contributed by atoms with Crippen LogP contribution in [0.4, 0.5) is 15.8 Å². The summed E-state index contributed by atoms with van der Waals surface area (Å²) in [5, 5.41) is 2.19. The molecule has 1 aliphatic carbocycles. The maximum absolute atomic E-state index is 12.7. The molecule has 0 saturated carbocycles. The van der Waals surface area contributed by atoms with E-state index < -0.39 is 0 Å². The molecular formula is C66H59BFIrN3OS-2. The van der Waals surface area contributed by atoms with Crippen molar-refractivity contribution < 1.29 is 28.9 Å². The Morgan fingerprint density at radius 2 is 1.46 bits per heavy atom. The molecule has 2 unspecified atom stereocenters. The third kappa shape index (κ3) is 8.42. The Morgan fingerprint density at radius 3 is 2.18 bits per heavy atom. The van der Waals surface area contributed by atoms with Crippen molar-refractivity contribution in [3.05, 3.63) is 203 Å². The van der Waals surface area contributed by atoms with E-state index in [4.69, 9.17) is 4.42 Å². The van der Waals surface area contributed by atoms with Crippen LogP contribution in [0.1, 0.15) is 96.0 Å². The monoisotopic (exact) mass is 1160 g/mol. The summed E-state index contributed by atoms with van der Waals surface area (Å²) in [5.41, 5.74) is 22.5. The Balaban J connectivity index is 0.000000316. The van der Waals surface area contributed by atoms with E-state index in [1.807, 2.05) is 68.3 Å². The Kier molecular flexibility index (Phi) is 12.3. The summed E-state index contributed by atoms with van der Waals surface area (Å²) in [7, 11) is 0. The molecule has 3 aromatic heterocycles. The van der Waals surface area contributed by atoms with Crippen LogP contribution in [-0.2, 0) is 30.9 Å². The predicted molar refractivity (Wildman–Crippen MR) is 303 cm³/mol. The van der Waals surface area contributed by atoms with Crippen LogP contribution in [0, 0.1) is 37.2 Å². The van der Waals surface area contributed by atoms with Gasteiger partial charge in [0, 0.05) is 76.3 Å². The average molecular weight is 1160 g/mol. The quantitative estimate of drug-likeness (QED) is 0.130. The van der Waals surface area contributed by atoms with Gasteiger partial charge in [-0.15, -0.1) is 48.0 Å². The van der Waals surface area contributed by atoms with Crippen molar-refractivity contribution in [2.45, 2.75) is 109 Å². The maximum atomic E-state index is 12.7. The van der Waals surface area contributed by atoms with E-state index in [0.717, 1.165) is 55.6 Å². The molecule has 1 radical (unpaired) electrons. The first-order chi connectivity index (χ1) is 34.8. The first-order valence-corrected chi connectivity index (χ1v) is 26.4. The minimum absolute atomic E-state index is 0. The molecular weight excluding hydrogens is 1100 g/mol. The van der Waals surface area contributed by atoms with Gasteiger partial charge in [0.25, 0.3) is 0 Å². The number of pyridine rings is 2. The smallest absolute Gasteiger partial charge is 0.244 e. The average Bonchev–Trinajstić information content (AvgIpc) is 3.92. The number of aromatic nitrogens is 2. The minimum atomic E-state index is -0.275. The van der Waals surface area contributed by atoms with Gasteiger partial charge in [-0.3, -0.25) is 4.39 Å². The molecule has 6 aromatic carbocycles. The fraction of sp³-hybridized carbons (Fsp3) is 0.242. The molecule has 74 heavy (non-hydrogen) atoms. The number of benzene rings is 6. The molecule has 0 amide bonds. The Bertz CT molecular complexity index is 3780. The van der Waals surface area contributed by atoms with Crippen LogP contribution in [0.15, 0.2) is 171 Å². The standard InChI is InChI=1S/C53H48BN2OS.C13H11FN.Ir/c1-51(2,3)31-19-21-43-38(26-31)39-27-33(53(7,8)9)29-41-48(39)56(43)44-24-30(25-46-47(44)54(41)40-28-32(52(4,5)6)20-22-45(40)58-46)34-14-12-15-35-36-16-13-17-37(50(36)57-49(34)35)42-18-10-11-23-55-42;1-9-7-13(15-8-10(9)2)11-3-5-12(14)6-4-11;/h10-16,18-29,39,48H,1-9H3;3,5-8H,1-2H3;/q2*-1;. The van der Waals surface area contributed by atoms with Gasteiger partial charge in [-0.2, -0.15) is 0 Å². The van der Waals surface area contributed by atoms with Crippen LogP contribution in [0.2, 0.25) is 0 Å². The fourth-order valence-corrected chi connectivity index (χ4v) is 12.5. The molecule has 0 bridgehead atoms. The summed E-state index contributed by atoms with van der Waals surface area (Å²) >= 11 is 1.93. The van der Waals surface area contributed by atoms with Gasteiger partial charge in [-0.25, -0.2) is 0 Å². The van der Waals surface area contributed by atoms with Crippen LogP contribution in [-0.4, -0.2) is 22.7 Å². The molecule has 2 atom stereocenters. The SMILES string of the molecule is CC(C)(C)C1=CC2c3cc(C(C)(C)C)ccc3N3c4cc(-c5cccc6c5oc5c(-c7ccccn7)[c-]ccc56)cc5c4B(C(=C1)C23)c1cc(C(C)(C)C)ccc1S5.Cc1cnc(-c2[c-]cc(F)cc2)cc1C.[Ir]. The van der Waals surface area contributed by atoms with Gasteiger partial charge >= 0.3 is 0 Å². The number of hydrogen-bond acceptors (Lipinski definition) is 5. The third-order valence-corrected chi connectivity index (χ3v) is 16.7. The predicted octanol–water partition coefficient (Wildman–Crippen LogP) is 16.2. The zero-order chi connectivity index (χ0) is 50.9. The largest absolute Gasteiger partial charge is 0.500 e. The Labute approximate surface area is 454 Å². The van der Waals surface area contributed by atoms with Crippen LogP contribution in [0.5, 0.6) is 0 Å². The van der Waals surface area contributed by atoms with Crippen molar-refractivity contribution >= 4 is 62.7 Å². The van der Waals surface area contributed by atoms with Crippen molar-refractivity contribution in [3.63, 3.8) is 0 Å². The zero-order valence-corrected chi connectivity index (χ0v) is 47.2. The van der Waals surface area contributed by atoms with Gasteiger partial charge in [-0.1, -0.05) is 174 Å². The van der Waals surface area contributed by atoms with Crippen molar-refractivity contribution in [2.75, 3.05) is 4.90 Å². The molecule has 0 saturated heterocycles. The van der Waals surface area contributed by atoms with Crippen LogP contribution in [0.25, 0.3) is 55.6 Å². The molecule has 8 heteroatoms. The van der Waals surface area contributed by atoms with Crippen LogP contribution in [0.3, 0.4) is 0 Å². The Hall–Kier alpha value is -6.31. The molecule has 0 N–H and O–H groups in total. The van der Waals surface area contributed by atoms with E-state index in [9.17, 15) is 4.39 Å². The number of furan rings is 1. The second-order valence-corrected chi connectivity index (χ2v) is 24.6. The summed E-state index contributed by atoms with van der Waals surface area (Å²) in [4.78, 5) is 14.4. The summed E-state index contributed by atoms with van der Waals surface area (Å²) < 4.78 is 19.7. The van der Waals surface area contributed by atoms with Gasteiger partial charge in [0.05, 0.1) is 11.6 Å². The van der Waals surface area contributed by atoms with Crippen LogP contribution < -0.4 is 15.8 Å². The molecule has 0 spiro atoms. The molecule has 4 aliphatic rings. The topological polar surface area (TPSA) is 42.2 Å². The zero-order valence-electron chi connectivity index (χ0n) is 44.0. The number of hydrogen-bond donors (Lipinski definition) is 0. The van der Waals surface area contributed by atoms with E-state index >= 15 is 0 Å². The van der Waals surface area contributed by atoms with E-state index in [1.165, 1.54) is 83.1 Å². The molecule has 4 nitrogen and oxygen atoms in total. The molecule has 371 valence electrons. The van der Waals surface area contributed by atoms with E-state index in [0.29, 0.717) is 0 Å². The number of rotatable bonds is 3. The van der Waals surface area contributed by atoms with Gasteiger partial charge < -0.3 is 19.3 Å². The van der Waals surface area contributed by atoms with Gasteiger partial charge in [0.15, 0.2) is 0 Å². The molecule has 3 aliphatic heterocycles. The second kappa shape index (κ2) is 18.2. The van der Waals surface area contributed by atoms with E-state index in [1.54, 1.807) is 6.07 Å². The van der Waals surface area contributed by atoms with Crippen molar-refractivity contribution in [2.24, 2.45) is 5.41 Å². The summed E-state index contributed by atoms with van der Waals surface area (Å²) in [5.74, 6) is -0.0294. The van der Waals surface area contributed by atoms with E-state index in [2.05, 4.69) is 174 Å². The number of anilines is 2. The van der Waals surface area contributed by atoms with Gasteiger partial charge in [0.2, 0.25) is 6.71 Å². The summed E-state index contributed by atoms with van der Waals surface area (Å²) in [6.07, 6.45) is 8.87. The summed E-state index contributed by atoms with van der Waals surface area (Å²) in [6.45, 7) is 25.4. The number of fused-ring (bicyclic) bond motifs is 10. The van der Waals surface area contributed by atoms with Crippen molar-refractivity contribution in [3.8, 4) is 33.6 Å². The number of allylic oxidation sites excluding steroid dienone is 2. The van der Waals surface area contributed by atoms with Crippen molar-refractivity contribution in [1.82, 2.24) is 9.97 Å². The molecule has 13 rings (SSSR count). The molecule has 6 heterocycles. The first-order valence-electron chi connectivity index (χ1n) is 25.6. The Morgan fingerprint density at radius 1 is 0.689 bits per heavy atom.